The minimum atomic E-state index is 0.531. The van der Waals surface area contributed by atoms with E-state index in [1.807, 2.05) is 24.3 Å². The van der Waals surface area contributed by atoms with Gasteiger partial charge in [-0.25, -0.2) is 9.97 Å². The van der Waals surface area contributed by atoms with Crippen LogP contribution in [0.2, 0.25) is 0 Å². The molecule has 104 valence electrons. The van der Waals surface area contributed by atoms with Crippen LogP contribution in [0.5, 0.6) is 11.5 Å². The highest BCUT2D eigenvalue weighted by atomic mass is 16.5. The van der Waals surface area contributed by atoms with Crippen molar-refractivity contribution in [3.05, 3.63) is 30.5 Å². The maximum atomic E-state index is 5.41. The van der Waals surface area contributed by atoms with Crippen molar-refractivity contribution < 1.29 is 9.47 Å². The molecular weight excluding hydrogens is 254 g/mol. The van der Waals surface area contributed by atoms with Gasteiger partial charge in [0.15, 0.2) is 0 Å². The maximum absolute atomic E-state index is 5.41. The lowest BCUT2D eigenvalue weighted by Gasteiger charge is -2.11. The normalized spacial score (nSPS) is 13.9. The highest BCUT2D eigenvalue weighted by Crippen LogP contribution is 2.32. The summed E-state index contributed by atoms with van der Waals surface area (Å²) in [5, 5.41) is 3.30. The molecule has 1 saturated carbocycles. The minimum absolute atomic E-state index is 0.531. The predicted molar refractivity (Wildman–Crippen MR) is 77.2 cm³/mol. The van der Waals surface area contributed by atoms with Gasteiger partial charge in [0, 0.05) is 23.9 Å². The third kappa shape index (κ3) is 2.66. The zero-order valence-electron chi connectivity index (χ0n) is 11.6. The predicted octanol–water partition coefficient (Wildman–Crippen LogP) is 2.74. The molecule has 0 atom stereocenters. The molecule has 0 radical (unpaired) electrons. The lowest BCUT2D eigenvalue weighted by molar-refractivity contribution is 0.395. The average Bonchev–Trinajstić information content (AvgIpc) is 3.30. The molecule has 1 aliphatic carbocycles. The second kappa shape index (κ2) is 5.36. The summed E-state index contributed by atoms with van der Waals surface area (Å²) in [6.45, 7) is 0. The van der Waals surface area contributed by atoms with Crippen molar-refractivity contribution in [2.75, 3.05) is 19.5 Å². The summed E-state index contributed by atoms with van der Waals surface area (Å²) in [5.74, 6) is 2.17. The van der Waals surface area contributed by atoms with Gasteiger partial charge >= 0.3 is 0 Å². The van der Waals surface area contributed by atoms with E-state index in [9.17, 15) is 0 Å². The number of anilines is 1. The fourth-order valence-corrected chi connectivity index (χ4v) is 2.00. The number of hydrogen-bond acceptors (Lipinski definition) is 5. The van der Waals surface area contributed by atoms with E-state index < -0.39 is 0 Å². The maximum Gasteiger partial charge on any atom is 0.223 e. The number of nitrogens with zero attached hydrogens (tertiary/aromatic N) is 2. The van der Waals surface area contributed by atoms with Gasteiger partial charge in [0.1, 0.15) is 11.5 Å². The van der Waals surface area contributed by atoms with Crippen molar-refractivity contribution in [2.24, 2.45) is 0 Å². The van der Waals surface area contributed by atoms with Crippen LogP contribution in [0.4, 0.5) is 5.95 Å². The van der Waals surface area contributed by atoms with Crippen molar-refractivity contribution >= 4 is 5.95 Å². The lowest BCUT2D eigenvalue weighted by Crippen LogP contribution is -2.05. The summed E-state index contributed by atoms with van der Waals surface area (Å²) in [6, 6.07) is 8.10. The zero-order chi connectivity index (χ0) is 13.9. The SMILES string of the molecule is COc1ccc(-c2ccnc(NC3CC3)n2)c(OC)c1. The van der Waals surface area contributed by atoms with Crippen LogP contribution in [0.3, 0.4) is 0 Å². The monoisotopic (exact) mass is 271 g/mol. The molecule has 2 aromatic rings. The van der Waals surface area contributed by atoms with Gasteiger partial charge in [-0.1, -0.05) is 0 Å². The standard InChI is InChI=1S/C15H17N3O2/c1-19-11-5-6-12(14(9-11)20-2)13-7-8-16-15(18-13)17-10-3-4-10/h5-10H,3-4H2,1-2H3,(H,16,17,18). The van der Waals surface area contributed by atoms with Crippen LogP contribution in [0.1, 0.15) is 12.8 Å². The van der Waals surface area contributed by atoms with Gasteiger partial charge in [0.05, 0.1) is 19.9 Å². The Balaban J connectivity index is 1.94. The fraction of sp³-hybridized carbons (Fsp3) is 0.333. The molecule has 1 heterocycles. The number of benzene rings is 1. The summed E-state index contributed by atoms with van der Waals surface area (Å²) < 4.78 is 10.6. The van der Waals surface area contributed by atoms with Crippen molar-refractivity contribution in [1.29, 1.82) is 0 Å². The molecule has 1 N–H and O–H groups in total. The highest BCUT2D eigenvalue weighted by molar-refractivity contribution is 5.69. The Labute approximate surface area is 118 Å². The Morgan fingerprint density at radius 2 is 2.00 bits per heavy atom. The van der Waals surface area contributed by atoms with Crippen LogP contribution in [-0.2, 0) is 0 Å². The Morgan fingerprint density at radius 1 is 1.15 bits per heavy atom. The molecule has 0 unspecified atom stereocenters. The highest BCUT2D eigenvalue weighted by Gasteiger charge is 2.22. The smallest absolute Gasteiger partial charge is 0.223 e. The van der Waals surface area contributed by atoms with Crippen LogP contribution in [0.25, 0.3) is 11.3 Å². The van der Waals surface area contributed by atoms with Crippen molar-refractivity contribution in [3.8, 4) is 22.8 Å². The van der Waals surface area contributed by atoms with Gasteiger partial charge in [-0.05, 0) is 31.0 Å². The number of aromatic nitrogens is 2. The van der Waals surface area contributed by atoms with Crippen molar-refractivity contribution in [3.63, 3.8) is 0 Å². The van der Waals surface area contributed by atoms with Gasteiger partial charge in [0.2, 0.25) is 5.95 Å². The van der Waals surface area contributed by atoms with Crippen LogP contribution in [0, 0.1) is 0 Å². The third-order valence-corrected chi connectivity index (χ3v) is 3.25. The number of ether oxygens (including phenoxy) is 2. The first kappa shape index (κ1) is 12.7. The topological polar surface area (TPSA) is 56.3 Å². The molecule has 1 fully saturated rings. The Kier molecular flexibility index (Phi) is 3.41. The second-order valence-electron chi connectivity index (χ2n) is 4.75. The molecule has 0 saturated heterocycles. The van der Waals surface area contributed by atoms with E-state index in [4.69, 9.17) is 9.47 Å². The largest absolute Gasteiger partial charge is 0.497 e. The van der Waals surface area contributed by atoms with E-state index in [-0.39, 0.29) is 0 Å². The molecule has 0 aliphatic heterocycles. The first-order valence-corrected chi connectivity index (χ1v) is 6.62. The molecule has 1 aromatic heterocycles. The molecule has 0 amide bonds. The Morgan fingerprint density at radius 3 is 2.70 bits per heavy atom. The number of rotatable bonds is 5. The molecular formula is C15H17N3O2. The van der Waals surface area contributed by atoms with Crippen LogP contribution < -0.4 is 14.8 Å². The third-order valence-electron chi connectivity index (χ3n) is 3.25. The first-order chi connectivity index (χ1) is 9.80. The number of hydrogen-bond donors (Lipinski definition) is 1. The quantitative estimate of drug-likeness (QED) is 0.906. The van der Waals surface area contributed by atoms with E-state index in [2.05, 4.69) is 15.3 Å². The van der Waals surface area contributed by atoms with Crippen LogP contribution >= 0.6 is 0 Å². The summed E-state index contributed by atoms with van der Waals surface area (Å²) in [5.41, 5.74) is 1.76. The molecule has 5 heteroatoms. The van der Waals surface area contributed by atoms with Gasteiger partial charge in [0.25, 0.3) is 0 Å². The molecule has 0 bridgehead atoms. The second-order valence-corrected chi connectivity index (χ2v) is 4.75. The van der Waals surface area contributed by atoms with Gasteiger partial charge in [-0.2, -0.15) is 0 Å². The summed E-state index contributed by atoms with van der Waals surface area (Å²) >= 11 is 0. The summed E-state index contributed by atoms with van der Waals surface area (Å²) in [7, 11) is 3.28. The minimum Gasteiger partial charge on any atom is -0.497 e. The molecule has 5 nitrogen and oxygen atoms in total. The van der Waals surface area contributed by atoms with Gasteiger partial charge in [-0.15, -0.1) is 0 Å². The van der Waals surface area contributed by atoms with Crippen LogP contribution in [0.15, 0.2) is 30.5 Å². The fourth-order valence-electron chi connectivity index (χ4n) is 2.00. The van der Waals surface area contributed by atoms with E-state index in [0.29, 0.717) is 12.0 Å². The Hall–Kier alpha value is -2.30. The van der Waals surface area contributed by atoms with Gasteiger partial charge in [-0.3, -0.25) is 0 Å². The van der Waals surface area contributed by atoms with E-state index >= 15 is 0 Å². The Bertz CT molecular complexity index is 612. The molecule has 0 spiro atoms. The molecule has 3 rings (SSSR count). The summed E-state index contributed by atoms with van der Waals surface area (Å²) in [4.78, 5) is 8.79. The molecule has 20 heavy (non-hydrogen) atoms. The zero-order valence-corrected chi connectivity index (χ0v) is 11.6. The first-order valence-electron chi connectivity index (χ1n) is 6.62. The van der Waals surface area contributed by atoms with E-state index in [0.717, 1.165) is 22.8 Å². The molecule has 1 aliphatic rings. The van der Waals surface area contributed by atoms with E-state index in [1.165, 1.54) is 12.8 Å². The average molecular weight is 271 g/mol. The van der Waals surface area contributed by atoms with Crippen molar-refractivity contribution in [2.45, 2.75) is 18.9 Å². The number of nitrogens with one attached hydrogen (secondary N) is 1. The summed E-state index contributed by atoms with van der Waals surface area (Å²) in [6.07, 6.45) is 4.15. The van der Waals surface area contributed by atoms with E-state index in [1.54, 1.807) is 20.4 Å². The van der Waals surface area contributed by atoms with Gasteiger partial charge < -0.3 is 14.8 Å². The van der Waals surface area contributed by atoms with Crippen LogP contribution in [-0.4, -0.2) is 30.2 Å². The molecule has 1 aromatic carbocycles. The lowest BCUT2D eigenvalue weighted by atomic mass is 10.1. The number of methoxy groups -OCH3 is 2. The van der Waals surface area contributed by atoms with Crippen molar-refractivity contribution in [1.82, 2.24) is 9.97 Å².